The van der Waals surface area contributed by atoms with E-state index < -0.39 is 38.3 Å². The summed E-state index contributed by atoms with van der Waals surface area (Å²) in [5, 5.41) is 0. The van der Waals surface area contributed by atoms with Crippen LogP contribution in [0.25, 0.3) is 0 Å². The second kappa shape index (κ2) is 4.61. The van der Waals surface area contributed by atoms with E-state index in [2.05, 4.69) is 0 Å². The highest BCUT2D eigenvalue weighted by molar-refractivity contribution is 14.0. The molecule has 0 heterocycles. The molecule has 0 amide bonds. The highest BCUT2D eigenvalue weighted by Gasteiger charge is 2.25. The first-order valence-corrected chi connectivity index (χ1v) is 4.49. The van der Waals surface area contributed by atoms with E-state index in [1.807, 2.05) is 0 Å². The molecule has 1 aromatic carbocycles. The van der Waals surface area contributed by atoms with Crippen LogP contribution < -0.4 is 0 Å². The zero-order valence-corrected chi connectivity index (χ0v) is 9.82. The van der Waals surface area contributed by atoms with Crippen LogP contribution in [0.4, 0.5) is 17.6 Å². The largest absolute Gasteiger partial charge is 0.297 e. The number of hydrogen-bond donors (Lipinski definition) is 1. The van der Waals surface area contributed by atoms with Gasteiger partial charge < -0.3 is 0 Å². The van der Waals surface area contributed by atoms with Gasteiger partial charge in [-0.3, -0.25) is 4.55 Å². The van der Waals surface area contributed by atoms with E-state index in [1.165, 1.54) is 0 Å². The molecular weight excluding hydrogens is 355 g/mol. The van der Waals surface area contributed by atoms with Crippen LogP contribution in [0, 0.1) is 23.3 Å². The first-order valence-electron chi connectivity index (χ1n) is 3.05. The Bertz CT molecular complexity index is 488. The van der Waals surface area contributed by atoms with E-state index in [0.717, 1.165) is 0 Å². The maximum Gasteiger partial charge on any atom is 0.297 e. The fourth-order valence-corrected chi connectivity index (χ4v) is 1.31. The standard InChI is InChI=1S/C6H2F4O3S.HI/c7-2-1-3(14(11,12)13)5(9)6(10)4(2)8;/h1H,(H,11,12,13);1H. The van der Waals surface area contributed by atoms with Crippen molar-refractivity contribution in [3.05, 3.63) is 29.3 Å². The highest BCUT2D eigenvalue weighted by Crippen LogP contribution is 2.21. The molecular formula is C6H3F4IO3S. The van der Waals surface area contributed by atoms with Crippen molar-refractivity contribution >= 4 is 34.1 Å². The van der Waals surface area contributed by atoms with Crippen LogP contribution in [0.3, 0.4) is 0 Å². The molecule has 0 aliphatic carbocycles. The summed E-state index contributed by atoms with van der Waals surface area (Å²) in [5.74, 6) is -8.50. The van der Waals surface area contributed by atoms with E-state index >= 15 is 0 Å². The minimum absolute atomic E-state index is 0. The maximum atomic E-state index is 12.6. The molecule has 0 aliphatic heterocycles. The zero-order chi connectivity index (χ0) is 11.1. The molecule has 3 nitrogen and oxygen atoms in total. The van der Waals surface area contributed by atoms with Crippen LogP contribution in [0.5, 0.6) is 0 Å². The van der Waals surface area contributed by atoms with Gasteiger partial charge in [-0.15, -0.1) is 24.0 Å². The summed E-state index contributed by atoms with van der Waals surface area (Å²) < 4.78 is 78.7. The van der Waals surface area contributed by atoms with Gasteiger partial charge in [-0.1, -0.05) is 0 Å². The summed E-state index contributed by atoms with van der Waals surface area (Å²) in [7, 11) is -5.12. The molecule has 9 heteroatoms. The maximum absolute atomic E-state index is 12.6. The highest BCUT2D eigenvalue weighted by atomic mass is 127. The monoisotopic (exact) mass is 358 g/mol. The van der Waals surface area contributed by atoms with Crippen molar-refractivity contribution < 1.29 is 30.5 Å². The Balaban J connectivity index is 0.00000196. The van der Waals surface area contributed by atoms with Crippen molar-refractivity contribution in [3.8, 4) is 0 Å². The lowest BCUT2D eigenvalue weighted by Gasteiger charge is -2.01. The third kappa shape index (κ3) is 2.78. The number of benzene rings is 1. The minimum atomic E-state index is -5.12. The Kier molecular flexibility index (Phi) is 4.49. The quantitative estimate of drug-likeness (QED) is 0.275. The van der Waals surface area contributed by atoms with Crippen molar-refractivity contribution in [2.75, 3.05) is 0 Å². The third-order valence-electron chi connectivity index (χ3n) is 1.35. The second-order valence-electron chi connectivity index (χ2n) is 2.27. The molecule has 1 aromatic rings. The lowest BCUT2D eigenvalue weighted by atomic mass is 10.3. The fraction of sp³-hybridized carbons (Fsp3) is 0. The molecule has 15 heavy (non-hydrogen) atoms. The molecule has 1 N–H and O–H groups in total. The SMILES string of the molecule is I.O=S(=O)(O)c1cc(F)c(F)c(F)c1F. The van der Waals surface area contributed by atoms with Gasteiger partial charge in [0, 0.05) is 6.07 Å². The summed E-state index contributed by atoms with van der Waals surface area (Å²) in [6.45, 7) is 0. The van der Waals surface area contributed by atoms with Crippen molar-refractivity contribution in [2.45, 2.75) is 4.90 Å². The van der Waals surface area contributed by atoms with Gasteiger partial charge in [0.1, 0.15) is 4.90 Å². The van der Waals surface area contributed by atoms with Crippen molar-refractivity contribution in [2.24, 2.45) is 0 Å². The molecule has 0 aromatic heterocycles. The minimum Gasteiger partial charge on any atom is -0.282 e. The molecule has 0 saturated heterocycles. The first kappa shape index (κ1) is 14.6. The summed E-state index contributed by atoms with van der Waals surface area (Å²) >= 11 is 0. The van der Waals surface area contributed by atoms with Gasteiger partial charge in [0.25, 0.3) is 10.1 Å². The van der Waals surface area contributed by atoms with Crippen LogP contribution in [-0.2, 0) is 10.1 Å². The Labute approximate surface area is 98.9 Å². The number of hydrogen-bond acceptors (Lipinski definition) is 2. The van der Waals surface area contributed by atoms with Crippen LogP contribution in [0.1, 0.15) is 0 Å². The molecule has 0 unspecified atom stereocenters. The lowest BCUT2D eigenvalue weighted by Crippen LogP contribution is -2.07. The van der Waals surface area contributed by atoms with Crippen molar-refractivity contribution in [3.63, 3.8) is 0 Å². The molecule has 86 valence electrons. The Morgan fingerprint density at radius 3 is 1.87 bits per heavy atom. The molecule has 0 aliphatic rings. The van der Waals surface area contributed by atoms with Crippen molar-refractivity contribution in [1.82, 2.24) is 0 Å². The number of rotatable bonds is 1. The Morgan fingerprint density at radius 2 is 1.47 bits per heavy atom. The molecule has 0 radical (unpaired) electrons. The second-order valence-corrected chi connectivity index (χ2v) is 3.66. The fourth-order valence-electron chi connectivity index (χ4n) is 0.739. The van der Waals surface area contributed by atoms with Crippen LogP contribution in [0.2, 0.25) is 0 Å². The zero-order valence-electron chi connectivity index (χ0n) is 6.67. The third-order valence-corrected chi connectivity index (χ3v) is 2.20. The van der Waals surface area contributed by atoms with E-state index in [-0.39, 0.29) is 30.0 Å². The summed E-state index contributed by atoms with van der Waals surface area (Å²) in [5.41, 5.74) is 0. The first-order chi connectivity index (χ1) is 6.25. The van der Waals surface area contributed by atoms with Crippen LogP contribution in [-0.4, -0.2) is 13.0 Å². The topological polar surface area (TPSA) is 54.4 Å². The predicted molar refractivity (Wildman–Crippen MR) is 51.5 cm³/mol. The summed E-state index contributed by atoms with van der Waals surface area (Å²) in [4.78, 5) is -1.64. The van der Waals surface area contributed by atoms with Gasteiger partial charge in [0.05, 0.1) is 0 Å². The molecule has 0 bridgehead atoms. The molecule has 0 atom stereocenters. The molecule has 0 saturated carbocycles. The van der Waals surface area contributed by atoms with Crippen LogP contribution in [0.15, 0.2) is 11.0 Å². The van der Waals surface area contributed by atoms with Crippen molar-refractivity contribution in [1.29, 1.82) is 0 Å². The van der Waals surface area contributed by atoms with Gasteiger partial charge in [-0.05, 0) is 0 Å². The van der Waals surface area contributed by atoms with E-state index in [9.17, 15) is 26.0 Å². The van der Waals surface area contributed by atoms with Crippen LogP contribution >= 0.6 is 24.0 Å². The molecule has 0 spiro atoms. The summed E-state index contributed by atoms with van der Waals surface area (Å²) in [6, 6.07) is -0.150. The van der Waals surface area contributed by atoms with E-state index in [4.69, 9.17) is 4.55 Å². The van der Waals surface area contributed by atoms with Gasteiger partial charge in [0.2, 0.25) is 0 Å². The van der Waals surface area contributed by atoms with Gasteiger partial charge in [-0.25, -0.2) is 17.6 Å². The summed E-state index contributed by atoms with van der Waals surface area (Å²) in [6.07, 6.45) is 0. The van der Waals surface area contributed by atoms with E-state index in [0.29, 0.717) is 0 Å². The number of halogens is 5. The lowest BCUT2D eigenvalue weighted by molar-refractivity contribution is 0.390. The average molecular weight is 358 g/mol. The Morgan fingerprint density at radius 1 is 1.00 bits per heavy atom. The van der Waals surface area contributed by atoms with E-state index in [1.54, 1.807) is 0 Å². The predicted octanol–water partition coefficient (Wildman–Crippen LogP) is 2.11. The average Bonchev–Trinajstić information content (AvgIpc) is 2.06. The smallest absolute Gasteiger partial charge is 0.282 e. The molecule has 1 rings (SSSR count). The normalized spacial score (nSPS) is 11.0. The Hall–Kier alpha value is -0.420. The van der Waals surface area contributed by atoms with Gasteiger partial charge in [-0.2, -0.15) is 8.42 Å². The molecule has 0 fully saturated rings. The van der Waals surface area contributed by atoms with Gasteiger partial charge in [0.15, 0.2) is 23.3 Å². The van der Waals surface area contributed by atoms with Gasteiger partial charge >= 0.3 is 0 Å².